The van der Waals surface area contributed by atoms with Crippen molar-refractivity contribution in [2.24, 2.45) is 0 Å². The molecule has 0 aromatic rings. The number of nitrogens with one attached hydrogen (secondary N) is 2. The van der Waals surface area contributed by atoms with Gasteiger partial charge in [0.15, 0.2) is 0 Å². The second-order valence-electron chi connectivity index (χ2n) is 13.4. The van der Waals surface area contributed by atoms with Gasteiger partial charge in [-0.3, -0.25) is 0 Å². The predicted molar refractivity (Wildman–Crippen MR) is 175 cm³/mol. The minimum absolute atomic E-state index is 1.18. The summed E-state index contributed by atoms with van der Waals surface area (Å²) < 4.78 is 0. The van der Waals surface area contributed by atoms with Gasteiger partial charge in [0.2, 0.25) is 0 Å². The van der Waals surface area contributed by atoms with E-state index < -0.39 is 16.5 Å². The third-order valence-electron chi connectivity index (χ3n) is 9.86. The zero-order valence-corrected chi connectivity index (χ0v) is 29.5. The monoisotopic (exact) mass is 554 g/mol. The number of hydrogen-bond donors (Lipinski definition) is 2. The van der Waals surface area contributed by atoms with Crippen LogP contribution in [-0.4, -0.2) is 29.6 Å². The van der Waals surface area contributed by atoms with Crippen LogP contribution in [0.3, 0.4) is 0 Å². The molecule has 216 valence electrons. The lowest BCUT2D eigenvalue weighted by molar-refractivity contribution is 0.549. The molecule has 0 spiro atoms. The zero-order valence-electron chi connectivity index (χ0n) is 27.5. The summed E-state index contributed by atoms with van der Waals surface area (Å²) in [5, 5.41) is 0. The molecule has 0 unspecified atom stereocenters. The van der Waals surface area contributed by atoms with Crippen LogP contribution in [0.4, 0.5) is 0 Å². The molecular weight excluding hydrogens is 493 g/mol. The Morgan fingerprint density at radius 3 is 0.789 bits per heavy atom. The fraction of sp³-hybridized carbons (Fsp3) is 0.706. The first kappa shape index (κ1) is 34.6. The first-order valence-electron chi connectivity index (χ1n) is 15.7. The molecule has 0 heterocycles. The fourth-order valence-electron chi connectivity index (χ4n) is 6.96. The average Bonchev–Trinajstić information content (AvgIpc) is 3.17. The van der Waals surface area contributed by atoms with Gasteiger partial charge in [0.05, 0.1) is 0 Å². The molecule has 0 atom stereocenters. The van der Waals surface area contributed by atoms with Crippen LogP contribution >= 0.6 is 0 Å². The number of rotatable bonds is 17. The minimum atomic E-state index is -1.57. The van der Waals surface area contributed by atoms with E-state index in [4.69, 9.17) is 0 Å². The van der Waals surface area contributed by atoms with Gasteiger partial charge in [0.1, 0.15) is 16.5 Å². The summed E-state index contributed by atoms with van der Waals surface area (Å²) in [6.45, 7) is 30.8. The summed E-state index contributed by atoms with van der Waals surface area (Å²) in [6.07, 6.45) is 13.9. The summed E-state index contributed by atoms with van der Waals surface area (Å²) >= 11 is 0. The van der Waals surface area contributed by atoms with Crippen LogP contribution in [0.25, 0.3) is 0 Å². The smallest absolute Gasteiger partial charge is 0.127 e. The molecule has 38 heavy (non-hydrogen) atoms. The standard InChI is InChI=1S/C34H62N2Si2/c1-25-26(2)30(6)33(29(25)5)37(9,10)35-23-21-19-17-15-13-14-16-18-20-22-24-36-38(11,12)34-31(7)27(3)28(4)32(34)8/h35-36H,13-24H2,1-12H3. The van der Waals surface area contributed by atoms with Crippen LogP contribution in [0.5, 0.6) is 0 Å². The second kappa shape index (κ2) is 15.5. The maximum Gasteiger partial charge on any atom is 0.127 e. The van der Waals surface area contributed by atoms with E-state index >= 15 is 0 Å². The second-order valence-corrected chi connectivity index (χ2v) is 21.6. The molecule has 2 rings (SSSR count). The van der Waals surface area contributed by atoms with Crippen molar-refractivity contribution in [2.75, 3.05) is 13.1 Å². The van der Waals surface area contributed by atoms with E-state index in [-0.39, 0.29) is 0 Å². The molecule has 0 saturated heterocycles. The van der Waals surface area contributed by atoms with Crippen molar-refractivity contribution in [3.63, 3.8) is 0 Å². The van der Waals surface area contributed by atoms with E-state index in [0.717, 1.165) is 0 Å². The number of unbranched alkanes of at least 4 members (excludes halogenated alkanes) is 9. The van der Waals surface area contributed by atoms with E-state index in [1.807, 2.05) is 0 Å². The molecule has 0 bridgehead atoms. The lowest BCUT2D eigenvalue weighted by Gasteiger charge is -2.36. The van der Waals surface area contributed by atoms with Crippen LogP contribution in [0.15, 0.2) is 0 Å². The van der Waals surface area contributed by atoms with Gasteiger partial charge in [-0.25, -0.2) is 0 Å². The Balaban J connectivity index is 1.45. The molecule has 0 amide bonds. The van der Waals surface area contributed by atoms with Gasteiger partial charge in [-0.05, 0) is 84.4 Å². The summed E-state index contributed by atoms with van der Waals surface area (Å²) in [7, 11) is -3.13. The lowest BCUT2D eigenvalue weighted by Crippen LogP contribution is -2.53. The van der Waals surface area contributed by atoms with Crippen molar-refractivity contribution in [1.82, 2.24) is 9.96 Å². The Kier molecular flexibility index (Phi) is 14.1. The van der Waals surface area contributed by atoms with Gasteiger partial charge in [-0.15, -0.1) is 0 Å². The van der Waals surface area contributed by atoms with Crippen molar-refractivity contribution in [3.8, 4) is 0 Å². The SMILES string of the molecule is C[C]1[C](C)[C](C)[C]([Si](C)(C)NCCCCCCCCCCCCN[Si](C)(C)[C]2[C](C)[C](C)[C](C)[C]2C)[C]1C. The molecule has 0 aromatic carbocycles. The van der Waals surface area contributed by atoms with Gasteiger partial charge >= 0.3 is 0 Å². The highest BCUT2D eigenvalue weighted by molar-refractivity contribution is 6.82. The van der Waals surface area contributed by atoms with E-state index in [9.17, 15) is 0 Å². The highest BCUT2D eigenvalue weighted by Crippen LogP contribution is 2.55. The van der Waals surface area contributed by atoms with Gasteiger partial charge in [0, 0.05) is 0 Å². The molecule has 2 aliphatic rings. The van der Waals surface area contributed by atoms with E-state index in [1.165, 1.54) is 101 Å². The molecule has 0 aromatic heterocycles. The molecule has 2 nitrogen and oxygen atoms in total. The van der Waals surface area contributed by atoms with Crippen LogP contribution in [-0.2, 0) is 0 Å². The molecular formula is C34H62N2Si2. The van der Waals surface area contributed by atoms with Crippen LogP contribution < -0.4 is 9.96 Å². The Morgan fingerprint density at radius 2 is 0.553 bits per heavy atom. The van der Waals surface area contributed by atoms with Crippen molar-refractivity contribution < 1.29 is 0 Å². The maximum absolute atomic E-state index is 4.00. The molecule has 2 saturated carbocycles. The molecule has 2 N–H and O–H groups in total. The maximum atomic E-state index is 4.00. The van der Waals surface area contributed by atoms with E-state index in [2.05, 4.69) is 91.5 Å². The highest BCUT2D eigenvalue weighted by atomic mass is 28.3. The lowest BCUT2D eigenvalue weighted by atomic mass is 9.92. The zero-order chi connectivity index (χ0) is 28.7. The summed E-state index contributed by atoms with van der Waals surface area (Å²) in [5.41, 5.74) is 3.32. The quantitative estimate of drug-likeness (QED) is 0.138. The average molecular weight is 555 g/mol. The van der Waals surface area contributed by atoms with Crippen molar-refractivity contribution in [2.45, 2.75) is 146 Å². The first-order valence-corrected chi connectivity index (χ1v) is 21.7. The third-order valence-corrected chi connectivity index (χ3v) is 16.1. The third kappa shape index (κ3) is 8.92. The predicted octanol–water partition coefficient (Wildman–Crippen LogP) is 9.49. The highest BCUT2D eigenvalue weighted by Gasteiger charge is 2.52. The van der Waals surface area contributed by atoms with E-state index in [1.54, 1.807) is 34.8 Å². The molecule has 2 fully saturated rings. The largest absolute Gasteiger partial charge is 0.337 e. The Hall–Kier alpha value is 0.354. The molecule has 10 radical (unpaired) electrons. The van der Waals surface area contributed by atoms with Crippen LogP contribution in [0.2, 0.25) is 26.2 Å². The Bertz CT molecular complexity index is 581. The Labute approximate surface area is 243 Å². The van der Waals surface area contributed by atoms with Gasteiger partial charge in [-0.2, -0.15) is 0 Å². The van der Waals surface area contributed by atoms with Gasteiger partial charge in [-0.1, -0.05) is 133 Å². The topological polar surface area (TPSA) is 24.1 Å². The minimum Gasteiger partial charge on any atom is -0.337 e. The van der Waals surface area contributed by atoms with Crippen molar-refractivity contribution >= 4 is 16.5 Å². The fourth-order valence-corrected chi connectivity index (χ4v) is 13.4. The summed E-state index contributed by atoms with van der Waals surface area (Å²) in [5.74, 6) is 12.2. The first-order chi connectivity index (χ1) is 17.7. The van der Waals surface area contributed by atoms with Crippen LogP contribution in [0, 0.1) is 58.4 Å². The van der Waals surface area contributed by atoms with Gasteiger partial charge in [0.25, 0.3) is 0 Å². The molecule has 2 aliphatic carbocycles. The van der Waals surface area contributed by atoms with Gasteiger partial charge < -0.3 is 9.96 Å². The molecule has 0 aliphatic heterocycles. The normalized spacial score (nSPS) is 22.1. The van der Waals surface area contributed by atoms with Crippen molar-refractivity contribution in [1.29, 1.82) is 0 Å². The Morgan fingerprint density at radius 1 is 0.342 bits per heavy atom. The number of hydrogen-bond acceptors (Lipinski definition) is 2. The summed E-state index contributed by atoms with van der Waals surface area (Å²) in [6, 6.07) is 0. The van der Waals surface area contributed by atoms with Crippen molar-refractivity contribution in [3.05, 3.63) is 58.4 Å². The van der Waals surface area contributed by atoms with E-state index in [0.29, 0.717) is 0 Å². The van der Waals surface area contributed by atoms with Crippen LogP contribution in [0.1, 0.15) is 120 Å². The molecule has 4 heteroatoms. The summed E-state index contributed by atoms with van der Waals surface area (Å²) in [4.78, 5) is 7.99.